The Morgan fingerprint density at radius 1 is 1.32 bits per heavy atom. The average molecular weight is 261 g/mol. The summed E-state index contributed by atoms with van der Waals surface area (Å²) in [5.41, 5.74) is 5.09. The van der Waals surface area contributed by atoms with E-state index in [1.165, 1.54) is 6.42 Å². The van der Waals surface area contributed by atoms with E-state index in [4.69, 9.17) is 5.84 Å². The third-order valence-corrected chi connectivity index (χ3v) is 3.72. The van der Waals surface area contributed by atoms with Crippen LogP contribution in [0.4, 0.5) is 5.69 Å². The SMILES string of the molecule is Cc1ccc(C(=O)N2CC(C)CC(C)C2)c(NN)c1. The summed E-state index contributed by atoms with van der Waals surface area (Å²) in [6.45, 7) is 8.06. The van der Waals surface area contributed by atoms with Gasteiger partial charge in [0.05, 0.1) is 11.3 Å². The highest BCUT2D eigenvalue weighted by atomic mass is 16.2. The number of nitrogens with two attached hydrogens (primary N) is 1. The van der Waals surface area contributed by atoms with Crippen LogP contribution in [0.15, 0.2) is 18.2 Å². The van der Waals surface area contributed by atoms with Gasteiger partial charge in [0.15, 0.2) is 0 Å². The molecular weight excluding hydrogens is 238 g/mol. The van der Waals surface area contributed by atoms with Gasteiger partial charge in [-0.15, -0.1) is 0 Å². The van der Waals surface area contributed by atoms with E-state index in [9.17, 15) is 4.79 Å². The standard InChI is InChI=1S/C15H23N3O/c1-10-4-5-13(14(7-10)17-16)15(19)18-8-11(2)6-12(3)9-18/h4-5,7,11-12,17H,6,8-9,16H2,1-3H3. The van der Waals surface area contributed by atoms with Crippen LogP contribution < -0.4 is 11.3 Å². The smallest absolute Gasteiger partial charge is 0.256 e. The van der Waals surface area contributed by atoms with Crippen molar-refractivity contribution in [2.45, 2.75) is 27.2 Å². The summed E-state index contributed by atoms with van der Waals surface area (Å²) in [7, 11) is 0. The van der Waals surface area contributed by atoms with Crippen molar-refractivity contribution in [1.82, 2.24) is 4.90 Å². The zero-order chi connectivity index (χ0) is 14.0. The highest BCUT2D eigenvalue weighted by molar-refractivity contribution is 5.99. The summed E-state index contributed by atoms with van der Waals surface area (Å²) < 4.78 is 0. The Hall–Kier alpha value is -1.55. The van der Waals surface area contributed by atoms with Gasteiger partial charge in [0.2, 0.25) is 0 Å². The van der Waals surface area contributed by atoms with Crippen molar-refractivity contribution in [3.05, 3.63) is 29.3 Å². The van der Waals surface area contributed by atoms with Gasteiger partial charge in [-0.05, 0) is 42.9 Å². The molecule has 19 heavy (non-hydrogen) atoms. The largest absolute Gasteiger partial charge is 0.338 e. The average Bonchev–Trinajstić information content (AvgIpc) is 2.36. The summed E-state index contributed by atoms with van der Waals surface area (Å²) in [5.74, 6) is 6.72. The molecule has 0 spiro atoms. The highest BCUT2D eigenvalue weighted by Gasteiger charge is 2.27. The van der Waals surface area contributed by atoms with Crippen molar-refractivity contribution < 1.29 is 4.79 Å². The first-order valence-electron chi connectivity index (χ1n) is 6.87. The number of carbonyl (C=O) groups excluding carboxylic acids is 1. The minimum atomic E-state index is 0.0753. The summed E-state index contributed by atoms with van der Waals surface area (Å²) in [6, 6.07) is 5.71. The van der Waals surface area contributed by atoms with Crippen LogP contribution in [0.2, 0.25) is 0 Å². The van der Waals surface area contributed by atoms with Gasteiger partial charge >= 0.3 is 0 Å². The molecule has 4 heteroatoms. The number of hydrazine groups is 1. The van der Waals surface area contributed by atoms with E-state index in [-0.39, 0.29) is 5.91 Å². The van der Waals surface area contributed by atoms with Gasteiger partial charge in [0, 0.05) is 13.1 Å². The number of nitrogens with zero attached hydrogens (tertiary/aromatic N) is 1. The topological polar surface area (TPSA) is 58.4 Å². The Morgan fingerprint density at radius 2 is 1.95 bits per heavy atom. The van der Waals surface area contributed by atoms with E-state index >= 15 is 0 Å². The van der Waals surface area contributed by atoms with Crippen LogP contribution in [0.25, 0.3) is 0 Å². The molecule has 0 saturated carbocycles. The zero-order valence-corrected chi connectivity index (χ0v) is 11.9. The van der Waals surface area contributed by atoms with Crippen molar-refractivity contribution >= 4 is 11.6 Å². The van der Waals surface area contributed by atoms with Crippen LogP contribution in [0.5, 0.6) is 0 Å². The van der Waals surface area contributed by atoms with E-state index < -0.39 is 0 Å². The lowest BCUT2D eigenvalue weighted by atomic mass is 9.91. The monoisotopic (exact) mass is 261 g/mol. The summed E-state index contributed by atoms with van der Waals surface area (Å²) >= 11 is 0. The fourth-order valence-corrected chi connectivity index (χ4v) is 2.96. The molecule has 1 aliphatic rings. The third kappa shape index (κ3) is 3.07. The molecule has 1 heterocycles. The number of aryl methyl sites for hydroxylation is 1. The molecule has 1 saturated heterocycles. The van der Waals surface area contributed by atoms with Gasteiger partial charge in [-0.3, -0.25) is 10.6 Å². The molecule has 0 radical (unpaired) electrons. The fraction of sp³-hybridized carbons (Fsp3) is 0.533. The van der Waals surface area contributed by atoms with Gasteiger partial charge < -0.3 is 10.3 Å². The summed E-state index contributed by atoms with van der Waals surface area (Å²) in [6.07, 6.45) is 1.19. The second kappa shape index (κ2) is 5.61. The second-order valence-electron chi connectivity index (χ2n) is 5.85. The van der Waals surface area contributed by atoms with Gasteiger partial charge in [0.1, 0.15) is 0 Å². The molecular formula is C15H23N3O. The molecule has 2 unspecified atom stereocenters. The van der Waals surface area contributed by atoms with Crippen LogP contribution in [-0.4, -0.2) is 23.9 Å². The maximum Gasteiger partial charge on any atom is 0.256 e. The molecule has 1 aromatic carbocycles. The van der Waals surface area contributed by atoms with Gasteiger partial charge in [-0.1, -0.05) is 19.9 Å². The zero-order valence-electron chi connectivity index (χ0n) is 11.9. The van der Waals surface area contributed by atoms with Gasteiger partial charge in [-0.25, -0.2) is 0 Å². The number of hydrogen-bond donors (Lipinski definition) is 2. The molecule has 3 N–H and O–H groups in total. The normalized spacial score (nSPS) is 23.3. The minimum absolute atomic E-state index is 0.0753. The molecule has 0 aromatic heterocycles. The van der Waals surface area contributed by atoms with E-state index in [1.807, 2.05) is 30.0 Å². The van der Waals surface area contributed by atoms with Gasteiger partial charge in [0.25, 0.3) is 5.91 Å². The number of nitrogen functional groups attached to an aromatic ring is 1. The fourth-order valence-electron chi connectivity index (χ4n) is 2.96. The number of hydrogen-bond acceptors (Lipinski definition) is 3. The van der Waals surface area contributed by atoms with Crippen LogP contribution in [-0.2, 0) is 0 Å². The van der Waals surface area contributed by atoms with Crippen LogP contribution in [0, 0.1) is 18.8 Å². The maximum absolute atomic E-state index is 12.6. The first-order valence-corrected chi connectivity index (χ1v) is 6.87. The Labute approximate surface area is 114 Å². The Balaban J connectivity index is 2.24. The minimum Gasteiger partial charge on any atom is -0.338 e. The third-order valence-electron chi connectivity index (χ3n) is 3.72. The number of rotatable bonds is 2. The second-order valence-corrected chi connectivity index (χ2v) is 5.85. The summed E-state index contributed by atoms with van der Waals surface area (Å²) in [5, 5.41) is 0. The molecule has 1 aromatic rings. The van der Waals surface area contributed by atoms with E-state index in [2.05, 4.69) is 19.3 Å². The predicted molar refractivity (Wildman–Crippen MR) is 77.8 cm³/mol. The van der Waals surface area contributed by atoms with E-state index in [0.29, 0.717) is 23.1 Å². The van der Waals surface area contributed by atoms with Crippen LogP contribution in [0.1, 0.15) is 36.2 Å². The number of piperidine rings is 1. The number of benzene rings is 1. The lowest BCUT2D eigenvalue weighted by molar-refractivity contribution is 0.0624. The lowest BCUT2D eigenvalue weighted by Gasteiger charge is -2.35. The molecule has 2 rings (SSSR count). The summed E-state index contributed by atoms with van der Waals surface area (Å²) in [4.78, 5) is 14.6. The Bertz CT molecular complexity index is 462. The number of nitrogens with one attached hydrogen (secondary N) is 1. The van der Waals surface area contributed by atoms with Crippen molar-refractivity contribution in [1.29, 1.82) is 0 Å². The van der Waals surface area contributed by atoms with E-state index in [1.54, 1.807) is 0 Å². The highest BCUT2D eigenvalue weighted by Crippen LogP contribution is 2.25. The maximum atomic E-state index is 12.6. The molecule has 0 bridgehead atoms. The van der Waals surface area contributed by atoms with Crippen LogP contribution in [0.3, 0.4) is 0 Å². The van der Waals surface area contributed by atoms with Crippen molar-refractivity contribution in [3.63, 3.8) is 0 Å². The number of likely N-dealkylation sites (tertiary alicyclic amines) is 1. The quantitative estimate of drug-likeness (QED) is 0.635. The number of anilines is 1. The van der Waals surface area contributed by atoms with Crippen molar-refractivity contribution in [3.8, 4) is 0 Å². The van der Waals surface area contributed by atoms with Gasteiger partial charge in [-0.2, -0.15) is 0 Å². The number of amides is 1. The first-order chi connectivity index (χ1) is 9.01. The Kier molecular flexibility index (Phi) is 4.10. The molecule has 0 aliphatic carbocycles. The molecule has 104 valence electrons. The molecule has 1 fully saturated rings. The molecule has 2 atom stereocenters. The predicted octanol–water partition coefficient (Wildman–Crippen LogP) is 2.40. The molecule has 1 amide bonds. The Morgan fingerprint density at radius 3 is 2.53 bits per heavy atom. The van der Waals surface area contributed by atoms with Crippen LogP contribution >= 0.6 is 0 Å². The van der Waals surface area contributed by atoms with Crippen molar-refractivity contribution in [2.75, 3.05) is 18.5 Å². The molecule has 1 aliphatic heterocycles. The van der Waals surface area contributed by atoms with Crippen molar-refractivity contribution in [2.24, 2.45) is 17.7 Å². The number of carbonyl (C=O) groups is 1. The lowest BCUT2D eigenvalue weighted by Crippen LogP contribution is -2.42. The first kappa shape index (κ1) is 13.9. The molecule has 4 nitrogen and oxygen atoms in total. The van der Waals surface area contributed by atoms with E-state index in [0.717, 1.165) is 18.7 Å².